The first-order valence-electron chi connectivity index (χ1n) is 21.6. The number of pyridine rings is 1. The number of aliphatic hydroxyl groups is 1. The SMILES string of the molecule is COc1cc(-c2noc(CCCN(C)[C@H]3CC[C@H](OC(=O)C(O)(c4cccs4)c4cccs4)CC3)n2)c(Cl)cc1CNC[C@H](O[Si](C)(C)C(C)(C)C)c1cccc2c1ccc(=O)n2O. The topological polar surface area (TPSA) is 161 Å². The lowest BCUT2D eigenvalue weighted by Crippen LogP contribution is -2.43. The minimum absolute atomic E-state index is 0.0556. The summed E-state index contributed by atoms with van der Waals surface area (Å²) >= 11 is 9.57. The van der Waals surface area contributed by atoms with Crippen molar-refractivity contribution in [3.05, 3.63) is 120 Å². The number of halogens is 1. The summed E-state index contributed by atoms with van der Waals surface area (Å²) in [4.78, 5) is 33.8. The van der Waals surface area contributed by atoms with Crippen molar-refractivity contribution < 1.29 is 33.5 Å². The first kappa shape index (κ1) is 47.6. The highest BCUT2D eigenvalue weighted by Gasteiger charge is 2.45. The predicted molar refractivity (Wildman–Crippen MR) is 254 cm³/mol. The van der Waals surface area contributed by atoms with Gasteiger partial charge in [-0.15, -0.1) is 27.4 Å². The summed E-state index contributed by atoms with van der Waals surface area (Å²) in [5.41, 5.74) is 0.427. The van der Waals surface area contributed by atoms with E-state index >= 15 is 0 Å². The molecule has 6 aromatic rings. The van der Waals surface area contributed by atoms with E-state index < -0.39 is 25.4 Å². The van der Waals surface area contributed by atoms with Crippen LogP contribution in [0.2, 0.25) is 23.2 Å². The van der Waals surface area contributed by atoms with Crippen LogP contribution in [0.1, 0.15) is 85.8 Å². The molecule has 64 heavy (non-hydrogen) atoms. The van der Waals surface area contributed by atoms with Crippen LogP contribution in [0.15, 0.2) is 86.8 Å². The molecule has 4 aromatic heterocycles. The number of carbonyl (C=O) groups excluding carboxylic acids is 1. The van der Waals surface area contributed by atoms with Crippen LogP contribution in [0.25, 0.3) is 22.3 Å². The van der Waals surface area contributed by atoms with Crippen molar-refractivity contribution in [2.75, 3.05) is 27.2 Å². The number of nitrogens with zero attached hydrogens (tertiary/aromatic N) is 4. The second-order valence-corrected chi connectivity index (χ2v) is 25.1. The number of rotatable bonds is 18. The van der Waals surface area contributed by atoms with Gasteiger partial charge in [0.25, 0.3) is 5.56 Å². The lowest BCUT2D eigenvalue weighted by molar-refractivity contribution is -0.169. The van der Waals surface area contributed by atoms with Crippen molar-refractivity contribution in [1.29, 1.82) is 0 Å². The number of nitrogens with one attached hydrogen (secondary N) is 1. The third-order valence-electron chi connectivity index (χ3n) is 12.8. The Kier molecular flexibility index (Phi) is 14.9. The van der Waals surface area contributed by atoms with Crippen LogP contribution in [0, 0.1) is 0 Å². The lowest BCUT2D eigenvalue weighted by Gasteiger charge is -2.39. The molecule has 3 N–H and O–H groups in total. The van der Waals surface area contributed by atoms with Crippen LogP contribution in [-0.4, -0.2) is 83.8 Å². The summed E-state index contributed by atoms with van der Waals surface area (Å²) in [5.74, 6) is 0.894. The molecule has 0 aliphatic heterocycles. The summed E-state index contributed by atoms with van der Waals surface area (Å²) in [6.07, 6.45) is 3.99. The third-order valence-corrected chi connectivity index (χ3v) is 19.5. The number of hydrogen-bond donors (Lipinski definition) is 3. The van der Waals surface area contributed by atoms with Gasteiger partial charge in [-0.3, -0.25) is 4.79 Å². The second kappa shape index (κ2) is 20.0. The molecule has 1 atom stereocenters. The van der Waals surface area contributed by atoms with Crippen molar-refractivity contribution in [1.82, 2.24) is 25.1 Å². The van der Waals surface area contributed by atoms with E-state index in [1.165, 1.54) is 28.7 Å². The number of fused-ring (bicyclic) bond motifs is 1. The minimum atomic E-state index is -2.27. The van der Waals surface area contributed by atoms with Gasteiger partial charge in [-0.2, -0.15) is 4.98 Å². The summed E-state index contributed by atoms with van der Waals surface area (Å²) < 4.78 is 25.1. The monoisotopic (exact) mass is 947 g/mol. The number of benzene rings is 2. The highest BCUT2D eigenvalue weighted by Crippen LogP contribution is 2.42. The zero-order chi connectivity index (χ0) is 45.8. The number of esters is 1. The van der Waals surface area contributed by atoms with Gasteiger partial charge in [-0.1, -0.05) is 61.8 Å². The first-order chi connectivity index (χ1) is 30.5. The van der Waals surface area contributed by atoms with E-state index in [2.05, 4.69) is 61.3 Å². The number of ether oxygens (including phenoxy) is 2. The molecule has 0 radical (unpaired) electrons. The smallest absolute Gasteiger partial charge is 0.349 e. The Morgan fingerprint density at radius 1 is 1.05 bits per heavy atom. The molecule has 7 rings (SSSR count). The summed E-state index contributed by atoms with van der Waals surface area (Å²) in [5, 5.41) is 34.8. The molecule has 1 aliphatic rings. The minimum Gasteiger partial charge on any atom is -0.496 e. The average molecular weight is 949 g/mol. The van der Waals surface area contributed by atoms with Gasteiger partial charge >= 0.3 is 5.97 Å². The van der Waals surface area contributed by atoms with Crippen LogP contribution in [0.5, 0.6) is 5.75 Å². The average Bonchev–Trinajstić information content (AvgIpc) is 4.09. The normalized spacial score (nSPS) is 16.7. The zero-order valence-electron chi connectivity index (χ0n) is 37.4. The lowest BCUT2D eigenvalue weighted by atomic mass is 9.91. The van der Waals surface area contributed by atoms with Crippen LogP contribution >= 0.6 is 34.3 Å². The number of hydrogen-bond acceptors (Lipinski definition) is 14. The maximum atomic E-state index is 13.5. The number of methoxy groups -OCH3 is 1. The highest BCUT2D eigenvalue weighted by atomic mass is 35.5. The molecular formula is C47H58ClN5O8S2Si. The summed E-state index contributed by atoms with van der Waals surface area (Å²) in [6, 6.07) is 19.9. The number of thiophene rings is 2. The molecule has 13 nitrogen and oxygen atoms in total. The Hall–Kier alpha value is -4.39. The Bertz CT molecular complexity index is 2530. The van der Waals surface area contributed by atoms with E-state index in [0.29, 0.717) is 73.6 Å². The maximum Gasteiger partial charge on any atom is 0.349 e. The van der Waals surface area contributed by atoms with Gasteiger partial charge in [0.05, 0.1) is 33.5 Å². The van der Waals surface area contributed by atoms with Gasteiger partial charge in [0, 0.05) is 48.1 Å². The highest BCUT2D eigenvalue weighted by molar-refractivity contribution is 7.12. The molecule has 342 valence electrons. The molecule has 17 heteroatoms. The van der Waals surface area contributed by atoms with Gasteiger partial charge in [-0.05, 0) is 117 Å². The fraction of sp³-hybridized carbons (Fsp3) is 0.447. The van der Waals surface area contributed by atoms with E-state index in [1.807, 2.05) is 47.2 Å². The third kappa shape index (κ3) is 10.3. The number of aromatic nitrogens is 3. The van der Waals surface area contributed by atoms with Gasteiger partial charge < -0.3 is 39.0 Å². The molecule has 0 unspecified atom stereocenters. The van der Waals surface area contributed by atoms with Crippen LogP contribution in [-0.2, 0) is 32.5 Å². The van der Waals surface area contributed by atoms with E-state index in [1.54, 1.807) is 31.4 Å². The molecular weight excluding hydrogens is 890 g/mol. The standard InChI is InChI=1S/C47H58ClN5O8S2Si/c1-46(2,3)64(6,7)61-39(34-12-8-13-37-33(34)21-22-43(54)53(37)57)29-49-28-30-26-36(48)35(27-38(30)58-5)44-50-42(60-51-44)16-9-23-52(4)31-17-19-32(20-18-31)59-45(55)47(56,40-14-10-24-62-40)41-15-11-25-63-41/h8,10-15,21-22,24-27,31-32,39,49,56-57H,9,16-20,23,28-29H2,1-7H3/t31-,32-,39-/m0/s1. The van der Waals surface area contributed by atoms with Gasteiger partial charge in [-0.25, -0.2) is 4.79 Å². The summed E-state index contributed by atoms with van der Waals surface area (Å²) in [6.45, 7) is 12.7. The van der Waals surface area contributed by atoms with Crippen molar-refractivity contribution in [2.45, 2.75) is 108 Å². The van der Waals surface area contributed by atoms with Crippen molar-refractivity contribution >= 4 is 59.5 Å². The number of aryl methyl sites for hydroxylation is 1. The van der Waals surface area contributed by atoms with Gasteiger partial charge in [0.15, 0.2) is 8.32 Å². The van der Waals surface area contributed by atoms with Crippen LogP contribution in [0.4, 0.5) is 0 Å². The van der Waals surface area contributed by atoms with E-state index in [-0.39, 0.29) is 17.2 Å². The second-order valence-electron chi connectivity index (χ2n) is 18.0. The molecule has 0 bridgehead atoms. The molecule has 0 spiro atoms. The Labute approximate surface area is 388 Å². The molecule has 0 amide bonds. The predicted octanol–water partition coefficient (Wildman–Crippen LogP) is 9.58. The van der Waals surface area contributed by atoms with Crippen LogP contribution < -0.4 is 15.6 Å². The Balaban J connectivity index is 0.929. The quantitative estimate of drug-likeness (QED) is 0.0426. The van der Waals surface area contributed by atoms with Crippen molar-refractivity contribution in [2.24, 2.45) is 0 Å². The van der Waals surface area contributed by atoms with E-state index in [0.717, 1.165) is 55.2 Å². The van der Waals surface area contributed by atoms with Crippen LogP contribution in [0.3, 0.4) is 0 Å². The van der Waals surface area contributed by atoms with E-state index in [9.17, 15) is 19.9 Å². The molecule has 1 saturated carbocycles. The Morgan fingerprint density at radius 3 is 2.39 bits per heavy atom. The van der Waals surface area contributed by atoms with Crippen molar-refractivity contribution in [3.8, 4) is 17.1 Å². The Morgan fingerprint density at radius 2 is 1.75 bits per heavy atom. The molecule has 4 heterocycles. The zero-order valence-corrected chi connectivity index (χ0v) is 40.8. The fourth-order valence-corrected chi connectivity index (χ4v) is 11.3. The van der Waals surface area contributed by atoms with Crippen molar-refractivity contribution in [3.63, 3.8) is 0 Å². The number of carbonyl (C=O) groups is 1. The maximum absolute atomic E-state index is 13.5. The van der Waals surface area contributed by atoms with Gasteiger partial charge in [0.1, 0.15) is 11.9 Å². The molecule has 0 saturated heterocycles. The molecule has 2 aromatic carbocycles. The molecule has 1 aliphatic carbocycles. The largest absolute Gasteiger partial charge is 0.496 e. The van der Waals surface area contributed by atoms with E-state index in [4.69, 9.17) is 30.0 Å². The molecule has 1 fully saturated rings. The fourth-order valence-electron chi connectivity index (χ4n) is 8.00. The summed E-state index contributed by atoms with van der Waals surface area (Å²) in [7, 11) is 1.46. The first-order valence-corrected chi connectivity index (χ1v) is 26.7. The van der Waals surface area contributed by atoms with Gasteiger partial charge in [0.2, 0.25) is 17.3 Å².